The molecule has 0 aliphatic carbocycles. The molecule has 146 valence electrons. The van der Waals surface area contributed by atoms with Gasteiger partial charge in [0, 0.05) is 22.8 Å². The van der Waals surface area contributed by atoms with Gasteiger partial charge in [0.25, 0.3) is 0 Å². The first-order valence-corrected chi connectivity index (χ1v) is 9.74. The quantitative estimate of drug-likeness (QED) is 0.473. The predicted molar refractivity (Wildman–Crippen MR) is 111 cm³/mol. The summed E-state index contributed by atoms with van der Waals surface area (Å²) in [7, 11) is 3.25. The second-order valence-electron chi connectivity index (χ2n) is 6.19. The maximum atomic E-state index is 12.7. The van der Waals surface area contributed by atoms with E-state index in [1.807, 2.05) is 23.1 Å². The molecule has 1 amide bonds. The van der Waals surface area contributed by atoms with Crippen molar-refractivity contribution in [2.45, 2.75) is 19.9 Å². The Bertz CT molecular complexity index is 758. The van der Waals surface area contributed by atoms with Gasteiger partial charge in [0.05, 0.1) is 27.3 Å². The largest absolute Gasteiger partial charge is 0.493 e. The highest BCUT2D eigenvalue weighted by atomic mass is 32.1. The first-order chi connectivity index (χ1) is 13.1. The maximum absolute atomic E-state index is 12.7. The lowest BCUT2D eigenvalue weighted by Crippen LogP contribution is -2.38. The van der Waals surface area contributed by atoms with Crippen LogP contribution in [0.15, 0.2) is 43.0 Å². The second kappa shape index (κ2) is 10.7. The van der Waals surface area contributed by atoms with Crippen LogP contribution in [0.5, 0.6) is 11.5 Å². The molecule has 1 aromatic carbocycles. The number of amides is 1. The molecule has 0 fully saturated rings. The zero-order valence-electron chi connectivity index (χ0n) is 16.3. The fourth-order valence-electron chi connectivity index (χ4n) is 2.74. The third-order valence-electron chi connectivity index (χ3n) is 4.18. The molecule has 0 saturated carbocycles. The smallest absolute Gasteiger partial charge is 0.236 e. The lowest BCUT2D eigenvalue weighted by Gasteiger charge is -2.23. The van der Waals surface area contributed by atoms with Gasteiger partial charge >= 0.3 is 0 Å². The predicted octanol–water partition coefficient (Wildman–Crippen LogP) is 3.42. The molecule has 0 atom stereocenters. The Hall–Kier alpha value is -2.31. The Balaban J connectivity index is 2.06. The molecule has 5 nitrogen and oxygen atoms in total. The summed E-state index contributed by atoms with van der Waals surface area (Å²) in [6.45, 7) is 7.94. The summed E-state index contributed by atoms with van der Waals surface area (Å²) in [6.07, 6.45) is 2.50. The number of hydrogen-bond donors (Lipinski definition) is 1. The van der Waals surface area contributed by atoms with Crippen LogP contribution in [0.3, 0.4) is 0 Å². The standard InChI is InChI=1S/C21H28N2O3S/c1-5-11-22-14-21(24)23(15-18-8-6-16(2)27-18)12-10-17-7-9-19(25-3)20(13-17)26-4/h5-9,13,22H,1,10-12,14-15H2,2-4H3. The van der Waals surface area contributed by atoms with E-state index in [1.165, 1.54) is 9.75 Å². The van der Waals surface area contributed by atoms with Crippen LogP contribution < -0.4 is 14.8 Å². The number of carbonyl (C=O) groups excluding carboxylic acids is 1. The van der Waals surface area contributed by atoms with Crippen LogP contribution in [0, 0.1) is 6.92 Å². The third kappa shape index (κ3) is 6.41. The molecule has 1 heterocycles. The van der Waals surface area contributed by atoms with E-state index in [-0.39, 0.29) is 5.91 Å². The SMILES string of the molecule is C=CCNCC(=O)N(CCc1ccc(OC)c(OC)c1)Cc1ccc(C)s1. The molecule has 0 aliphatic rings. The van der Waals surface area contributed by atoms with Crippen molar-refractivity contribution >= 4 is 17.2 Å². The van der Waals surface area contributed by atoms with Crippen LogP contribution in [0.25, 0.3) is 0 Å². The zero-order valence-corrected chi connectivity index (χ0v) is 17.1. The van der Waals surface area contributed by atoms with E-state index in [0.29, 0.717) is 37.7 Å². The Kier molecular flexibility index (Phi) is 8.36. The Morgan fingerprint density at radius 3 is 2.63 bits per heavy atom. The molecule has 1 N–H and O–H groups in total. The number of methoxy groups -OCH3 is 2. The molecule has 2 aromatic rings. The summed E-state index contributed by atoms with van der Waals surface area (Å²) in [4.78, 5) is 17.0. The fraction of sp³-hybridized carbons (Fsp3) is 0.381. The van der Waals surface area contributed by atoms with Gasteiger partial charge in [-0.25, -0.2) is 0 Å². The van der Waals surface area contributed by atoms with Crippen molar-refractivity contribution in [1.82, 2.24) is 10.2 Å². The number of aryl methyl sites for hydroxylation is 1. The van der Waals surface area contributed by atoms with Crippen molar-refractivity contribution in [3.05, 3.63) is 58.3 Å². The molecule has 0 spiro atoms. The highest BCUT2D eigenvalue weighted by Gasteiger charge is 2.15. The molecule has 1 aromatic heterocycles. The summed E-state index contributed by atoms with van der Waals surface area (Å²) in [5.74, 6) is 1.50. The van der Waals surface area contributed by atoms with E-state index in [4.69, 9.17) is 9.47 Å². The first kappa shape index (κ1) is 21.0. The molecular formula is C21H28N2O3S. The normalized spacial score (nSPS) is 10.5. The number of thiophene rings is 1. The van der Waals surface area contributed by atoms with Gasteiger partial charge in [0.2, 0.25) is 5.91 Å². The van der Waals surface area contributed by atoms with Crippen molar-refractivity contribution in [3.8, 4) is 11.5 Å². The molecule has 27 heavy (non-hydrogen) atoms. The number of hydrogen-bond acceptors (Lipinski definition) is 5. The molecule has 6 heteroatoms. The number of benzene rings is 1. The minimum Gasteiger partial charge on any atom is -0.493 e. The van der Waals surface area contributed by atoms with E-state index in [2.05, 4.69) is 31.0 Å². The summed E-state index contributed by atoms with van der Waals surface area (Å²) in [5.41, 5.74) is 1.10. The van der Waals surface area contributed by atoms with E-state index in [0.717, 1.165) is 12.0 Å². The van der Waals surface area contributed by atoms with Crippen LogP contribution in [0.2, 0.25) is 0 Å². The number of nitrogens with zero attached hydrogens (tertiary/aromatic N) is 1. The molecule has 0 saturated heterocycles. The fourth-order valence-corrected chi connectivity index (χ4v) is 3.65. The van der Waals surface area contributed by atoms with E-state index < -0.39 is 0 Å². The molecule has 0 bridgehead atoms. The van der Waals surface area contributed by atoms with Crippen LogP contribution in [-0.4, -0.2) is 44.7 Å². The van der Waals surface area contributed by atoms with Crippen molar-refractivity contribution in [1.29, 1.82) is 0 Å². The Morgan fingerprint density at radius 2 is 2.00 bits per heavy atom. The average Bonchev–Trinajstić information content (AvgIpc) is 3.09. The minimum absolute atomic E-state index is 0.0865. The molecule has 0 aliphatic heterocycles. The van der Waals surface area contributed by atoms with E-state index >= 15 is 0 Å². The van der Waals surface area contributed by atoms with Crippen molar-refractivity contribution in [2.24, 2.45) is 0 Å². The van der Waals surface area contributed by atoms with Gasteiger partial charge in [0.1, 0.15) is 0 Å². The minimum atomic E-state index is 0.0865. The van der Waals surface area contributed by atoms with Crippen LogP contribution in [0.1, 0.15) is 15.3 Å². The van der Waals surface area contributed by atoms with Gasteiger partial charge in [-0.15, -0.1) is 17.9 Å². The number of carbonyl (C=O) groups is 1. The maximum Gasteiger partial charge on any atom is 0.236 e. The monoisotopic (exact) mass is 388 g/mol. The first-order valence-electron chi connectivity index (χ1n) is 8.93. The highest BCUT2D eigenvalue weighted by Crippen LogP contribution is 2.28. The van der Waals surface area contributed by atoms with Gasteiger partial charge in [-0.3, -0.25) is 4.79 Å². The molecular weight excluding hydrogens is 360 g/mol. The Morgan fingerprint density at radius 1 is 1.22 bits per heavy atom. The van der Waals surface area contributed by atoms with Crippen LogP contribution >= 0.6 is 11.3 Å². The van der Waals surface area contributed by atoms with Gasteiger partial charge in [0.15, 0.2) is 11.5 Å². The lowest BCUT2D eigenvalue weighted by atomic mass is 10.1. The summed E-state index contributed by atoms with van der Waals surface area (Å²) < 4.78 is 10.7. The van der Waals surface area contributed by atoms with E-state index in [1.54, 1.807) is 31.6 Å². The topological polar surface area (TPSA) is 50.8 Å². The van der Waals surface area contributed by atoms with Crippen LogP contribution in [-0.2, 0) is 17.8 Å². The zero-order chi connectivity index (χ0) is 19.6. The van der Waals surface area contributed by atoms with E-state index in [9.17, 15) is 4.79 Å². The van der Waals surface area contributed by atoms with Crippen molar-refractivity contribution < 1.29 is 14.3 Å². The summed E-state index contributed by atoms with van der Waals surface area (Å²) in [5, 5.41) is 3.10. The van der Waals surface area contributed by atoms with Crippen molar-refractivity contribution in [2.75, 3.05) is 33.9 Å². The van der Waals surface area contributed by atoms with Gasteiger partial charge in [-0.1, -0.05) is 12.1 Å². The highest BCUT2D eigenvalue weighted by molar-refractivity contribution is 7.11. The van der Waals surface area contributed by atoms with Gasteiger partial charge in [-0.2, -0.15) is 0 Å². The molecule has 0 radical (unpaired) electrons. The number of rotatable bonds is 11. The number of nitrogens with one attached hydrogen (secondary N) is 1. The average molecular weight is 389 g/mol. The van der Waals surface area contributed by atoms with Gasteiger partial charge in [-0.05, 0) is 43.2 Å². The lowest BCUT2D eigenvalue weighted by molar-refractivity contribution is -0.130. The van der Waals surface area contributed by atoms with Crippen molar-refractivity contribution in [3.63, 3.8) is 0 Å². The number of ether oxygens (including phenoxy) is 2. The molecule has 2 rings (SSSR count). The second-order valence-corrected chi connectivity index (χ2v) is 7.56. The Labute approximate surface area is 165 Å². The molecule has 0 unspecified atom stereocenters. The summed E-state index contributed by atoms with van der Waals surface area (Å²) >= 11 is 1.73. The van der Waals surface area contributed by atoms with Gasteiger partial charge < -0.3 is 19.7 Å². The summed E-state index contributed by atoms with van der Waals surface area (Å²) in [6, 6.07) is 10.1. The van der Waals surface area contributed by atoms with Crippen LogP contribution in [0.4, 0.5) is 0 Å². The third-order valence-corrected chi connectivity index (χ3v) is 5.16.